The van der Waals surface area contributed by atoms with E-state index in [2.05, 4.69) is 48.3 Å². The molecule has 0 amide bonds. The Morgan fingerprint density at radius 3 is 2.22 bits per heavy atom. The molecule has 3 N–H and O–H groups in total. The lowest BCUT2D eigenvalue weighted by molar-refractivity contribution is 0.628. The van der Waals surface area contributed by atoms with Gasteiger partial charge in [0.05, 0.1) is 6.04 Å². The lowest BCUT2D eigenvalue weighted by Crippen LogP contribution is -2.29. The molecule has 1 aromatic heterocycles. The molecule has 4 heteroatoms. The predicted octanol–water partition coefficient (Wildman–Crippen LogP) is 1.95. The Balaban J connectivity index is 2.49. The zero-order valence-corrected chi connectivity index (χ0v) is 10.9. The van der Waals surface area contributed by atoms with Gasteiger partial charge in [-0.3, -0.25) is 5.84 Å². The van der Waals surface area contributed by atoms with Crippen LogP contribution < -0.4 is 11.3 Å². The zero-order chi connectivity index (χ0) is 13.1. The molecule has 2 aromatic rings. The molecule has 0 aliphatic carbocycles. The average Bonchev–Trinajstić information content (AvgIpc) is 2.38. The average molecular weight is 242 g/mol. The number of aromatic nitrogens is 2. The fourth-order valence-electron chi connectivity index (χ4n) is 2.12. The number of benzene rings is 1. The molecule has 1 heterocycles. The minimum atomic E-state index is -0.0782. The zero-order valence-electron chi connectivity index (χ0n) is 10.9. The van der Waals surface area contributed by atoms with E-state index in [1.165, 1.54) is 23.0 Å². The Morgan fingerprint density at radius 2 is 1.61 bits per heavy atom. The molecule has 94 valence electrons. The molecule has 0 aliphatic heterocycles. The monoisotopic (exact) mass is 242 g/mol. The number of nitrogens with zero attached hydrogens (tertiary/aromatic N) is 2. The van der Waals surface area contributed by atoms with Gasteiger partial charge in [0, 0.05) is 18.0 Å². The van der Waals surface area contributed by atoms with E-state index < -0.39 is 0 Å². The highest BCUT2D eigenvalue weighted by molar-refractivity contribution is 5.41. The van der Waals surface area contributed by atoms with Crippen LogP contribution in [-0.2, 0) is 0 Å². The van der Waals surface area contributed by atoms with Crippen LogP contribution in [0.5, 0.6) is 0 Å². The Hall–Kier alpha value is -1.78. The molecule has 0 bridgehead atoms. The molecule has 2 rings (SSSR count). The lowest BCUT2D eigenvalue weighted by atomic mass is 9.93. The number of hydrogen-bond donors (Lipinski definition) is 2. The maximum atomic E-state index is 5.69. The van der Waals surface area contributed by atoms with Crippen molar-refractivity contribution in [2.45, 2.75) is 26.8 Å². The van der Waals surface area contributed by atoms with Gasteiger partial charge in [0.25, 0.3) is 0 Å². The van der Waals surface area contributed by atoms with Gasteiger partial charge in [-0.25, -0.2) is 15.4 Å². The van der Waals surface area contributed by atoms with Crippen molar-refractivity contribution < 1.29 is 0 Å². The summed E-state index contributed by atoms with van der Waals surface area (Å²) in [6.07, 6.45) is 5.09. The summed E-state index contributed by atoms with van der Waals surface area (Å²) < 4.78 is 0. The van der Waals surface area contributed by atoms with Gasteiger partial charge in [-0.1, -0.05) is 12.1 Å². The van der Waals surface area contributed by atoms with Crippen LogP contribution in [0.2, 0.25) is 0 Å². The Morgan fingerprint density at radius 1 is 1.00 bits per heavy atom. The first-order chi connectivity index (χ1) is 8.63. The summed E-state index contributed by atoms with van der Waals surface area (Å²) in [5.74, 6) is 5.69. The van der Waals surface area contributed by atoms with E-state index in [-0.39, 0.29) is 6.04 Å². The van der Waals surface area contributed by atoms with Crippen LogP contribution in [0, 0.1) is 20.8 Å². The summed E-state index contributed by atoms with van der Waals surface area (Å²) in [4.78, 5) is 8.08. The van der Waals surface area contributed by atoms with Crippen molar-refractivity contribution in [1.82, 2.24) is 15.4 Å². The van der Waals surface area contributed by atoms with Gasteiger partial charge in [-0.2, -0.15) is 0 Å². The molecule has 1 atom stereocenters. The highest BCUT2D eigenvalue weighted by Crippen LogP contribution is 2.25. The van der Waals surface area contributed by atoms with Crippen molar-refractivity contribution in [3.8, 4) is 0 Å². The summed E-state index contributed by atoms with van der Waals surface area (Å²) in [5, 5.41) is 0. The van der Waals surface area contributed by atoms with E-state index in [0.29, 0.717) is 0 Å². The molecule has 18 heavy (non-hydrogen) atoms. The second-order valence-corrected chi connectivity index (χ2v) is 4.56. The molecule has 0 saturated carbocycles. The standard InChI is InChI=1S/C14H18N4/c1-9-4-11(3)13(5-10(9)2)14(18-15)12-6-16-8-17-7-12/h4-8,14,18H,15H2,1-3H3. The summed E-state index contributed by atoms with van der Waals surface area (Å²) in [5.41, 5.74) is 8.73. The molecular weight excluding hydrogens is 224 g/mol. The van der Waals surface area contributed by atoms with E-state index in [1.54, 1.807) is 12.4 Å². The minimum Gasteiger partial charge on any atom is -0.271 e. The summed E-state index contributed by atoms with van der Waals surface area (Å²) in [6, 6.07) is 4.27. The molecular formula is C14H18N4. The Labute approximate surface area is 107 Å². The van der Waals surface area contributed by atoms with Gasteiger partial charge < -0.3 is 0 Å². The Bertz CT molecular complexity index is 537. The SMILES string of the molecule is Cc1cc(C)c(C(NN)c2cncnc2)cc1C. The largest absolute Gasteiger partial charge is 0.271 e. The first-order valence-electron chi connectivity index (χ1n) is 5.92. The van der Waals surface area contributed by atoms with Gasteiger partial charge in [-0.05, 0) is 43.0 Å². The highest BCUT2D eigenvalue weighted by Gasteiger charge is 2.16. The van der Waals surface area contributed by atoms with Gasteiger partial charge in [0.15, 0.2) is 0 Å². The predicted molar refractivity (Wildman–Crippen MR) is 71.9 cm³/mol. The first kappa shape index (κ1) is 12.7. The first-order valence-corrected chi connectivity index (χ1v) is 5.92. The summed E-state index contributed by atoms with van der Waals surface area (Å²) in [7, 11) is 0. The topological polar surface area (TPSA) is 63.8 Å². The van der Waals surface area contributed by atoms with Crippen LogP contribution in [0.15, 0.2) is 30.9 Å². The summed E-state index contributed by atoms with van der Waals surface area (Å²) in [6.45, 7) is 6.31. The lowest BCUT2D eigenvalue weighted by Gasteiger charge is -2.19. The van der Waals surface area contributed by atoms with Crippen molar-refractivity contribution in [3.05, 3.63) is 58.7 Å². The fourth-order valence-corrected chi connectivity index (χ4v) is 2.12. The smallest absolute Gasteiger partial charge is 0.115 e. The van der Waals surface area contributed by atoms with E-state index >= 15 is 0 Å². The Kier molecular flexibility index (Phi) is 3.69. The number of nitrogens with two attached hydrogens (primary N) is 1. The maximum Gasteiger partial charge on any atom is 0.115 e. The van der Waals surface area contributed by atoms with Gasteiger partial charge in [0.2, 0.25) is 0 Å². The van der Waals surface area contributed by atoms with Crippen molar-refractivity contribution >= 4 is 0 Å². The molecule has 0 radical (unpaired) electrons. The molecule has 1 aromatic carbocycles. The highest BCUT2D eigenvalue weighted by atomic mass is 15.2. The van der Waals surface area contributed by atoms with Crippen LogP contribution in [0.1, 0.15) is 33.9 Å². The van der Waals surface area contributed by atoms with Crippen LogP contribution in [0.4, 0.5) is 0 Å². The van der Waals surface area contributed by atoms with Crippen LogP contribution in [0.3, 0.4) is 0 Å². The molecule has 0 saturated heterocycles. The molecule has 0 spiro atoms. The van der Waals surface area contributed by atoms with E-state index in [1.807, 2.05) is 0 Å². The normalized spacial score (nSPS) is 12.4. The van der Waals surface area contributed by atoms with E-state index in [4.69, 9.17) is 5.84 Å². The van der Waals surface area contributed by atoms with Gasteiger partial charge >= 0.3 is 0 Å². The fraction of sp³-hybridized carbons (Fsp3) is 0.286. The van der Waals surface area contributed by atoms with E-state index in [0.717, 1.165) is 11.1 Å². The molecule has 4 nitrogen and oxygen atoms in total. The molecule has 0 aliphatic rings. The number of hydrazine groups is 1. The van der Waals surface area contributed by atoms with Crippen molar-refractivity contribution in [3.63, 3.8) is 0 Å². The van der Waals surface area contributed by atoms with Crippen molar-refractivity contribution in [2.75, 3.05) is 0 Å². The van der Waals surface area contributed by atoms with Crippen molar-refractivity contribution in [2.24, 2.45) is 5.84 Å². The van der Waals surface area contributed by atoms with Gasteiger partial charge in [0.1, 0.15) is 6.33 Å². The van der Waals surface area contributed by atoms with Crippen molar-refractivity contribution in [1.29, 1.82) is 0 Å². The maximum absolute atomic E-state index is 5.69. The summed E-state index contributed by atoms with van der Waals surface area (Å²) >= 11 is 0. The quantitative estimate of drug-likeness (QED) is 0.638. The number of hydrogen-bond acceptors (Lipinski definition) is 4. The van der Waals surface area contributed by atoms with Crippen LogP contribution in [0.25, 0.3) is 0 Å². The second kappa shape index (κ2) is 5.25. The van der Waals surface area contributed by atoms with Gasteiger partial charge in [-0.15, -0.1) is 0 Å². The van der Waals surface area contributed by atoms with E-state index in [9.17, 15) is 0 Å². The number of aryl methyl sites for hydroxylation is 3. The number of rotatable bonds is 3. The molecule has 1 unspecified atom stereocenters. The third-order valence-corrected chi connectivity index (χ3v) is 3.27. The third kappa shape index (κ3) is 2.39. The number of nitrogens with one attached hydrogen (secondary N) is 1. The van der Waals surface area contributed by atoms with Crippen LogP contribution in [-0.4, -0.2) is 9.97 Å². The minimum absolute atomic E-state index is 0.0782. The second-order valence-electron chi connectivity index (χ2n) is 4.56. The third-order valence-electron chi connectivity index (χ3n) is 3.27. The molecule has 0 fully saturated rings. The van der Waals surface area contributed by atoms with Crippen LogP contribution >= 0.6 is 0 Å².